The van der Waals surface area contributed by atoms with E-state index in [9.17, 15) is 4.79 Å². The molecule has 3 rings (SSSR count). The van der Waals surface area contributed by atoms with Gasteiger partial charge in [0, 0.05) is 29.2 Å². The van der Waals surface area contributed by atoms with Crippen LogP contribution in [-0.4, -0.2) is 28.6 Å². The maximum absolute atomic E-state index is 12.5. The summed E-state index contributed by atoms with van der Waals surface area (Å²) in [4.78, 5) is 17.4. The van der Waals surface area contributed by atoms with Crippen LogP contribution in [0, 0.1) is 20.8 Å². The first kappa shape index (κ1) is 19.1. The first-order valence-corrected chi connectivity index (χ1v) is 9.30. The molecule has 4 heteroatoms. The summed E-state index contributed by atoms with van der Waals surface area (Å²) in [6, 6.07) is 13.8. The standard InChI is InChI=1S/C23H26N2O2/c1-14-8-9-20-15(2)12-21(25-22(20)17(14)4)18-6-5-7-19(13-18)23(27)24-16(3)10-11-26/h5-9,12-13,16,26H,10-11H2,1-4H3,(H,24,27)/t16-/m1/s1. The van der Waals surface area contributed by atoms with Crippen molar-refractivity contribution in [3.05, 3.63) is 64.7 Å². The van der Waals surface area contributed by atoms with Crippen LogP contribution < -0.4 is 5.32 Å². The van der Waals surface area contributed by atoms with Crippen LogP contribution >= 0.6 is 0 Å². The number of nitrogens with zero attached hydrogens (tertiary/aromatic N) is 1. The van der Waals surface area contributed by atoms with Crippen LogP contribution in [-0.2, 0) is 0 Å². The summed E-state index contributed by atoms with van der Waals surface area (Å²) >= 11 is 0. The van der Waals surface area contributed by atoms with Crippen LogP contribution in [0.5, 0.6) is 0 Å². The zero-order valence-corrected chi connectivity index (χ0v) is 16.3. The summed E-state index contributed by atoms with van der Waals surface area (Å²) in [6.07, 6.45) is 0.537. The number of fused-ring (bicyclic) bond motifs is 1. The molecule has 0 radical (unpaired) electrons. The monoisotopic (exact) mass is 362 g/mol. The van der Waals surface area contributed by atoms with Crippen LogP contribution in [0.3, 0.4) is 0 Å². The fourth-order valence-electron chi connectivity index (χ4n) is 3.24. The van der Waals surface area contributed by atoms with Crippen LogP contribution in [0.4, 0.5) is 0 Å². The average molecular weight is 362 g/mol. The van der Waals surface area contributed by atoms with Gasteiger partial charge in [-0.15, -0.1) is 0 Å². The minimum Gasteiger partial charge on any atom is -0.396 e. The molecule has 0 unspecified atom stereocenters. The zero-order valence-electron chi connectivity index (χ0n) is 16.3. The summed E-state index contributed by atoms with van der Waals surface area (Å²) in [5.41, 5.74) is 6.97. The van der Waals surface area contributed by atoms with Crippen molar-refractivity contribution < 1.29 is 9.90 Å². The highest BCUT2D eigenvalue weighted by Gasteiger charge is 2.12. The number of aryl methyl sites for hydroxylation is 3. The lowest BCUT2D eigenvalue weighted by Gasteiger charge is -2.14. The van der Waals surface area contributed by atoms with E-state index < -0.39 is 0 Å². The van der Waals surface area contributed by atoms with Crippen LogP contribution in [0.1, 0.15) is 40.4 Å². The number of hydrogen-bond acceptors (Lipinski definition) is 3. The number of carbonyl (C=O) groups is 1. The quantitative estimate of drug-likeness (QED) is 0.710. The normalized spacial score (nSPS) is 12.2. The van der Waals surface area contributed by atoms with E-state index in [0.29, 0.717) is 12.0 Å². The highest BCUT2D eigenvalue weighted by Crippen LogP contribution is 2.28. The first-order chi connectivity index (χ1) is 12.9. The SMILES string of the molecule is Cc1ccc2c(C)cc(-c3cccc(C(=O)N[C@H](C)CCO)c3)nc2c1C. The highest BCUT2D eigenvalue weighted by atomic mass is 16.3. The van der Waals surface area contributed by atoms with Gasteiger partial charge in [0.05, 0.1) is 11.2 Å². The van der Waals surface area contributed by atoms with Crippen molar-refractivity contribution in [2.75, 3.05) is 6.61 Å². The largest absolute Gasteiger partial charge is 0.396 e. The second-order valence-corrected chi connectivity index (χ2v) is 7.20. The van der Waals surface area contributed by atoms with Crippen molar-refractivity contribution in [1.29, 1.82) is 0 Å². The number of hydrogen-bond donors (Lipinski definition) is 2. The predicted molar refractivity (Wildman–Crippen MR) is 110 cm³/mol. The Bertz CT molecular complexity index is 995. The van der Waals surface area contributed by atoms with Crippen LogP contribution in [0.25, 0.3) is 22.2 Å². The molecule has 4 nitrogen and oxygen atoms in total. The first-order valence-electron chi connectivity index (χ1n) is 9.30. The number of rotatable bonds is 5. The molecular weight excluding hydrogens is 336 g/mol. The number of amides is 1. The molecule has 1 atom stereocenters. The summed E-state index contributed by atoms with van der Waals surface area (Å²) in [5, 5.41) is 13.1. The zero-order chi connectivity index (χ0) is 19.6. The van der Waals surface area contributed by atoms with E-state index >= 15 is 0 Å². The molecule has 2 aromatic carbocycles. The maximum Gasteiger partial charge on any atom is 0.251 e. The molecule has 1 heterocycles. The maximum atomic E-state index is 12.5. The van der Waals surface area contributed by atoms with Crippen LogP contribution in [0.2, 0.25) is 0 Å². The summed E-state index contributed by atoms with van der Waals surface area (Å²) in [7, 11) is 0. The molecule has 0 aliphatic carbocycles. The molecule has 3 aromatic rings. The molecule has 0 saturated heterocycles. The lowest BCUT2D eigenvalue weighted by molar-refractivity contribution is 0.0934. The predicted octanol–water partition coefficient (Wildman–Crippen LogP) is 4.33. The third kappa shape index (κ3) is 4.01. The third-order valence-corrected chi connectivity index (χ3v) is 5.07. The molecular formula is C23H26N2O2. The van der Waals surface area contributed by atoms with Gasteiger partial charge in [0.2, 0.25) is 0 Å². The van der Waals surface area contributed by atoms with Gasteiger partial charge < -0.3 is 10.4 Å². The van der Waals surface area contributed by atoms with Gasteiger partial charge in [-0.05, 0) is 69.0 Å². The Morgan fingerprint density at radius 2 is 1.89 bits per heavy atom. The number of aromatic nitrogens is 1. The third-order valence-electron chi connectivity index (χ3n) is 5.07. The number of carbonyl (C=O) groups excluding carboxylic acids is 1. The number of aliphatic hydroxyl groups excluding tert-OH is 1. The fourth-order valence-corrected chi connectivity index (χ4v) is 3.24. The van der Waals surface area contributed by atoms with Gasteiger partial charge in [-0.2, -0.15) is 0 Å². The van der Waals surface area contributed by atoms with Crippen molar-refractivity contribution in [2.45, 2.75) is 40.2 Å². The molecule has 140 valence electrons. The molecule has 0 saturated carbocycles. The van der Waals surface area contributed by atoms with Gasteiger partial charge in [-0.3, -0.25) is 4.79 Å². The molecule has 1 aromatic heterocycles. The summed E-state index contributed by atoms with van der Waals surface area (Å²) < 4.78 is 0. The highest BCUT2D eigenvalue weighted by molar-refractivity contribution is 5.96. The number of aliphatic hydroxyl groups is 1. The Morgan fingerprint density at radius 3 is 2.63 bits per heavy atom. The molecule has 2 N–H and O–H groups in total. The Kier molecular flexibility index (Phi) is 5.57. The van der Waals surface area contributed by atoms with Gasteiger partial charge in [0.15, 0.2) is 0 Å². The van der Waals surface area contributed by atoms with E-state index in [1.54, 1.807) is 6.07 Å². The molecule has 1 amide bonds. The lowest BCUT2D eigenvalue weighted by Crippen LogP contribution is -2.33. The van der Waals surface area contributed by atoms with E-state index in [-0.39, 0.29) is 18.6 Å². The van der Waals surface area contributed by atoms with E-state index in [4.69, 9.17) is 10.1 Å². The summed E-state index contributed by atoms with van der Waals surface area (Å²) in [6.45, 7) is 8.23. The number of nitrogens with one attached hydrogen (secondary N) is 1. The van der Waals surface area contributed by atoms with Crippen molar-refractivity contribution in [1.82, 2.24) is 10.3 Å². The molecule has 27 heavy (non-hydrogen) atoms. The molecule has 0 spiro atoms. The smallest absolute Gasteiger partial charge is 0.251 e. The summed E-state index contributed by atoms with van der Waals surface area (Å²) in [5.74, 6) is -0.137. The minimum absolute atomic E-state index is 0.0561. The van der Waals surface area contributed by atoms with Gasteiger partial charge in [0.1, 0.15) is 0 Å². The molecule has 0 aliphatic heterocycles. The van der Waals surface area contributed by atoms with Crippen molar-refractivity contribution >= 4 is 16.8 Å². The molecule has 0 aliphatic rings. The van der Waals surface area contributed by atoms with Crippen molar-refractivity contribution in [3.63, 3.8) is 0 Å². The fraction of sp³-hybridized carbons (Fsp3) is 0.304. The van der Waals surface area contributed by atoms with Gasteiger partial charge in [-0.1, -0.05) is 24.3 Å². The molecule has 0 fully saturated rings. The van der Waals surface area contributed by atoms with Crippen molar-refractivity contribution in [2.24, 2.45) is 0 Å². The minimum atomic E-state index is -0.137. The second-order valence-electron chi connectivity index (χ2n) is 7.20. The Labute approximate surface area is 160 Å². The average Bonchev–Trinajstić information content (AvgIpc) is 2.65. The lowest BCUT2D eigenvalue weighted by atomic mass is 9.99. The van der Waals surface area contributed by atoms with Crippen LogP contribution in [0.15, 0.2) is 42.5 Å². The number of benzene rings is 2. The van der Waals surface area contributed by atoms with E-state index in [1.165, 1.54) is 16.7 Å². The van der Waals surface area contributed by atoms with E-state index in [2.05, 4.69) is 44.3 Å². The van der Waals surface area contributed by atoms with Gasteiger partial charge in [0.25, 0.3) is 5.91 Å². The topological polar surface area (TPSA) is 62.2 Å². The second kappa shape index (κ2) is 7.89. The van der Waals surface area contributed by atoms with Gasteiger partial charge >= 0.3 is 0 Å². The Balaban J connectivity index is 2.00. The van der Waals surface area contributed by atoms with E-state index in [1.807, 2.05) is 25.1 Å². The Morgan fingerprint density at radius 1 is 1.11 bits per heavy atom. The Hall–Kier alpha value is -2.72. The van der Waals surface area contributed by atoms with Gasteiger partial charge in [-0.25, -0.2) is 4.98 Å². The number of pyridine rings is 1. The van der Waals surface area contributed by atoms with Crippen molar-refractivity contribution in [3.8, 4) is 11.3 Å². The van der Waals surface area contributed by atoms with E-state index in [0.717, 1.165) is 22.2 Å². The molecule has 0 bridgehead atoms.